The molecule has 6 nitrogen and oxygen atoms in total. The summed E-state index contributed by atoms with van der Waals surface area (Å²) in [4.78, 5) is 7.66. The fraction of sp³-hybridized carbons (Fsp3) is 0.154. The molecule has 0 saturated carbocycles. The van der Waals surface area contributed by atoms with E-state index in [0.717, 1.165) is 28.1 Å². The molecule has 7 heteroatoms. The summed E-state index contributed by atoms with van der Waals surface area (Å²) >= 11 is 0. The predicted octanol–water partition coefficient (Wildman–Crippen LogP) is 2.46. The molecule has 0 amide bonds. The first-order valence-electron chi connectivity index (χ1n) is 5.70. The number of hydrogen-bond acceptors (Lipinski definition) is 5. The molecule has 0 spiro atoms. The molecule has 20 heavy (non-hydrogen) atoms. The third-order valence-corrected chi connectivity index (χ3v) is 2.86. The van der Waals surface area contributed by atoms with Crippen LogP contribution in [0.15, 0.2) is 30.6 Å². The van der Waals surface area contributed by atoms with E-state index in [1.807, 2.05) is 18.2 Å². The molecule has 3 rings (SSSR count). The number of imidazole rings is 1. The van der Waals surface area contributed by atoms with E-state index in [1.165, 1.54) is 0 Å². The number of aromatic amines is 1. The fourth-order valence-corrected chi connectivity index (χ4v) is 1.90. The van der Waals surface area contributed by atoms with Gasteiger partial charge in [-0.05, 0) is 18.2 Å². The Morgan fingerprint density at radius 1 is 1.05 bits per heavy atom. The number of aromatic nitrogens is 4. The van der Waals surface area contributed by atoms with Gasteiger partial charge in [0, 0.05) is 0 Å². The Kier molecular flexibility index (Phi) is 4.05. The van der Waals surface area contributed by atoms with Gasteiger partial charge in [-0.25, -0.2) is 4.98 Å². The monoisotopic (exact) mass is 292 g/mol. The van der Waals surface area contributed by atoms with Gasteiger partial charge in [-0.1, -0.05) is 0 Å². The highest BCUT2D eigenvalue weighted by Gasteiger charge is 2.12. The van der Waals surface area contributed by atoms with Crippen molar-refractivity contribution in [2.24, 2.45) is 0 Å². The van der Waals surface area contributed by atoms with Gasteiger partial charge in [0.15, 0.2) is 0 Å². The molecule has 0 unspecified atom stereocenters. The number of ether oxygens (including phenoxy) is 2. The third-order valence-electron chi connectivity index (χ3n) is 2.86. The lowest BCUT2D eigenvalue weighted by Crippen LogP contribution is -1.91. The number of nitrogens with zero attached hydrogens (tertiary/aromatic N) is 3. The first-order chi connectivity index (χ1) is 9.31. The molecule has 2 heterocycles. The highest BCUT2D eigenvalue weighted by Crippen LogP contribution is 2.32. The summed E-state index contributed by atoms with van der Waals surface area (Å²) in [7, 11) is 3.25. The summed E-state index contributed by atoms with van der Waals surface area (Å²) in [6.07, 6.45) is 3.25. The maximum Gasteiger partial charge on any atom is 0.142 e. The second-order valence-corrected chi connectivity index (χ2v) is 3.94. The lowest BCUT2D eigenvalue weighted by Gasteiger charge is -2.08. The minimum atomic E-state index is 0. The normalized spacial score (nSPS) is 10.1. The van der Waals surface area contributed by atoms with Crippen LogP contribution in [0.25, 0.3) is 22.4 Å². The number of nitrogens with one attached hydrogen (secondary N) is 1. The zero-order valence-corrected chi connectivity index (χ0v) is 11.8. The Balaban J connectivity index is 0.00000147. The molecule has 0 atom stereocenters. The molecule has 2 aromatic heterocycles. The van der Waals surface area contributed by atoms with E-state index >= 15 is 0 Å². The van der Waals surface area contributed by atoms with Crippen molar-refractivity contribution in [1.82, 2.24) is 20.2 Å². The van der Waals surface area contributed by atoms with E-state index in [0.29, 0.717) is 5.82 Å². The summed E-state index contributed by atoms with van der Waals surface area (Å²) in [5.41, 5.74) is 2.42. The van der Waals surface area contributed by atoms with Gasteiger partial charge < -0.3 is 14.5 Å². The molecular weight excluding hydrogens is 280 g/mol. The molecule has 0 radical (unpaired) electrons. The van der Waals surface area contributed by atoms with Crippen molar-refractivity contribution < 1.29 is 9.47 Å². The highest BCUT2D eigenvalue weighted by atomic mass is 35.5. The highest BCUT2D eigenvalue weighted by molar-refractivity contribution is 5.85. The van der Waals surface area contributed by atoms with Crippen LogP contribution in [0.3, 0.4) is 0 Å². The summed E-state index contributed by atoms with van der Waals surface area (Å²) in [5, 5.41) is 7.63. The van der Waals surface area contributed by atoms with E-state index in [2.05, 4.69) is 20.2 Å². The van der Waals surface area contributed by atoms with Crippen LogP contribution in [0.2, 0.25) is 0 Å². The van der Waals surface area contributed by atoms with Crippen molar-refractivity contribution in [3.05, 3.63) is 30.6 Å². The number of fused-ring (bicyclic) bond motifs is 1. The summed E-state index contributed by atoms with van der Waals surface area (Å²) in [5.74, 6) is 2.16. The van der Waals surface area contributed by atoms with Crippen molar-refractivity contribution >= 4 is 23.4 Å². The molecule has 3 aromatic rings. The van der Waals surface area contributed by atoms with E-state index in [4.69, 9.17) is 9.47 Å². The van der Waals surface area contributed by atoms with Gasteiger partial charge in [-0.3, -0.25) is 0 Å². The standard InChI is InChI=1S/C13H12N4O2.ClH/c1-18-8-3-4-12(19-2)9(5-8)13-16-10-6-14-15-7-11(10)17-13;/h3-7H,1-2H3,(H,16,17);1H. The quantitative estimate of drug-likeness (QED) is 0.803. The molecule has 0 bridgehead atoms. The van der Waals surface area contributed by atoms with Gasteiger partial charge in [-0.15, -0.1) is 12.4 Å². The minimum absolute atomic E-state index is 0. The number of H-pyrrole nitrogens is 1. The molecule has 0 aliphatic carbocycles. The van der Waals surface area contributed by atoms with E-state index in [-0.39, 0.29) is 12.4 Å². The molecule has 1 aromatic carbocycles. The van der Waals surface area contributed by atoms with Gasteiger partial charge in [0.25, 0.3) is 0 Å². The maximum absolute atomic E-state index is 5.35. The van der Waals surface area contributed by atoms with Gasteiger partial charge in [-0.2, -0.15) is 10.2 Å². The van der Waals surface area contributed by atoms with Crippen molar-refractivity contribution in [2.75, 3.05) is 14.2 Å². The second kappa shape index (κ2) is 5.75. The molecule has 0 saturated heterocycles. The first-order valence-corrected chi connectivity index (χ1v) is 5.70. The lowest BCUT2D eigenvalue weighted by molar-refractivity contribution is 0.404. The van der Waals surface area contributed by atoms with Gasteiger partial charge in [0.05, 0.1) is 37.7 Å². The number of halogens is 1. The smallest absolute Gasteiger partial charge is 0.142 e. The van der Waals surface area contributed by atoms with Crippen molar-refractivity contribution in [3.63, 3.8) is 0 Å². The van der Waals surface area contributed by atoms with Crippen LogP contribution >= 0.6 is 12.4 Å². The zero-order chi connectivity index (χ0) is 13.2. The van der Waals surface area contributed by atoms with Crippen molar-refractivity contribution in [2.45, 2.75) is 0 Å². The van der Waals surface area contributed by atoms with Crippen LogP contribution in [0.5, 0.6) is 11.5 Å². The van der Waals surface area contributed by atoms with Crippen LogP contribution in [0.1, 0.15) is 0 Å². The Bertz CT molecular complexity index is 696. The number of hydrogen-bond donors (Lipinski definition) is 1. The molecule has 0 aliphatic heterocycles. The average molecular weight is 293 g/mol. The van der Waals surface area contributed by atoms with Gasteiger partial charge >= 0.3 is 0 Å². The molecule has 0 fully saturated rings. The van der Waals surface area contributed by atoms with Gasteiger partial charge in [0.1, 0.15) is 22.8 Å². The van der Waals surface area contributed by atoms with E-state index < -0.39 is 0 Å². The minimum Gasteiger partial charge on any atom is -0.497 e. The van der Waals surface area contributed by atoms with Crippen LogP contribution in [0.4, 0.5) is 0 Å². The van der Waals surface area contributed by atoms with Crippen LogP contribution in [-0.4, -0.2) is 34.4 Å². The van der Waals surface area contributed by atoms with Crippen LogP contribution in [-0.2, 0) is 0 Å². The van der Waals surface area contributed by atoms with E-state index in [1.54, 1.807) is 26.6 Å². The Morgan fingerprint density at radius 3 is 2.55 bits per heavy atom. The largest absolute Gasteiger partial charge is 0.497 e. The lowest BCUT2D eigenvalue weighted by atomic mass is 10.2. The molecule has 104 valence electrons. The fourth-order valence-electron chi connectivity index (χ4n) is 1.90. The Labute approximate surface area is 121 Å². The Morgan fingerprint density at radius 2 is 1.85 bits per heavy atom. The van der Waals surface area contributed by atoms with E-state index in [9.17, 15) is 0 Å². The maximum atomic E-state index is 5.35. The van der Waals surface area contributed by atoms with Crippen LogP contribution in [0, 0.1) is 0 Å². The van der Waals surface area contributed by atoms with Gasteiger partial charge in [0.2, 0.25) is 0 Å². The number of methoxy groups -OCH3 is 2. The number of rotatable bonds is 3. The van der Waals surface area contributed by atoms with Crippen molar-refractivity contribution in [1.29, 1.82) is 0 Å². The summed E-state index contributed by atoms with van der Waals surface area (Å²) in [6.45, 7) is 0. The SMILES string of the molecule is COc1ccc(OC)c(-c2nc3cnncc3[nH]2)c1.Cl. The van der Waals surface area contributed by atoms with Crippen molar-refractivity contribution in [3.8, 4) is 22.9 Å². The average Bonchev–Trinajstić information content (AvgIpc) is 2.90. The predicted molar refractivity (Wildman–Crippen MR) is 77.5 cm³/mol. The number of benzene rings is 1. The molecule has 1 N–H and O–H groups in total. The second-order valence-electron chi connectivity index (χ2n) is 3.94. The third kappa shape index (κ3) is 2.37. The molecule has 0 aliphatic rings. The summed E-state index contributed by atoms with van der Waals surface area (Å²) < 4.78 is 10.6. The summed E-state index contributed by atoms with van der Waals surface area (Å²) in [6, 6.07) is 5.56. The van der Waals surface area contributed by atoms with Crippen LogP contribution < -0.4 is 9.47 Å². The zero-order valence-electron chi connectivity index (χ0n) is 11.0. The first kappa shape index (κ1) is 14.1. The Hall–Kier alpha value is -2.34. The topological polar surface area (TPSA) is 72.9 Å². The molecular formula is C13H13ClN4O2.